The predicted octanol–water partition coefficient (Wildman–Crippen LogP) is 3.65. The molecule has 2 nitrogen and oxygen atoms in total. The van der Waals surface area contributed by atoms with E-state index in [1.54, 1.807) is 0 Å². The van der Waals surface area contributed by atoms with Gasteiger partial charge >= 0.3 is 0 Å². The molecule has 0 saturated heterocycles. The van der Waals surface area contributed by atoms with Crippen LogP contribution in [0.1, 0.15) is 39.7 Å². The van der Waals surface area contributed by atoms with Crippen molar-refractivity contribution in [2.45, 2.75) is 46.6 Å². The number of likely N-dealkylation sites (N-methyl/N-ethyl adjacent to an activating group) is 1. The molecule has 1 N–H and O–H groups in total. The van der Waals surface area contributed by atoms with E-state index >= 15 is 0 Å². The van der Waals surface area contributed by atoms with Gasteiger partial charge in [0.2, 0.25) is 0 Å². The Bertz CT molecular complexity index is 337. The Morgan fingerprint density at radius 1 is 1.17 bits per heavy atom. The van der Waals surface area contributed by atoms with Crippen LogP contribution < -0.4 is 10.1 Å². The Morgan fingerprint density at radius 2 is 1.78 bits per heavy atom. The lowest BCUT2D eigenvalue weighted by Crippen LogP contribution is -2.23. The zero-order valence-corrected chi connectivity index (χ0v) is 12.4. The minimum Gasteiger partial charge on any atom is -0.494 e. The molecule has 0 aliphatic carbocycles. The molecule has 1 aromatic rings. The van der Waals surface area contributed by atoms with Crippen molar-refractivity contribution in [3.8, 4) is 5.75 Å². The van der Waals surface area contributed by atoms with Gasteiger partial charge in [0, 0.05) is 6.04 Å². The maximum Gasteiger partial charge on any atom is 0.119 e. The number of ether oxygens (including phenoxy) is 1. The van der Waals surface area contributed by atoms with Crippen molar-refractivity contribution in [1.29, 1.82) is 0 Å². The molecule has 1 rings (SSSR count). The van der Waals surface area contributed by atoms with Gasteiger partial charge in [-0.25, -0.2) is 0 Å². The molecule has 0 spiro atoms. The molecule has 0 heterocycles. The van der Waals surface area contributed by atoms with E-state index in [1.165, 1.54) is 5.56 Å². The summed E-state index contributed by atoms with van der Waals surface area (Å²) < 4.78 is 5.75. The van der Waals surface area contributed by atoms with Gasteiger partial charge in [0.1, 0.15) is 5.75 Å². The van der Waals surface area contributed by atoms with Gasteiger partial charge in [0.15, 0.2) is 0 Å². The number of hydrogen-bond acceptors (Lipinski definition) is 2. The molecule has 0 radical (unpaired) electrons. The van der Waals surface area contributed by atoms with Crippen LogP contribution in [0, 0.1) is 5.41 Å². The number of hydrogen-bond donors (Lipinski definition) is 1. The first-order valence-electron chi connectivity index (χ1n) is 6.80. The average molecular weight is 249 g/mol. The molecule has 0 aromatic heterocycles. The highest BCUT2D eigenvalue weighted by Gasteiger charge is 2.09. The van der Waals surface area contributed by atoms with Crippen LogP contribution in [0.15, 0.2) is 24.3 Å². The third kappa shape index (κ3) is 6.06. The van der Waals surface area contributed by atoms with Crippen LogP contribution in [0.3, 0.4) is 0 Å². The molecular formula is C16H27NO. The van der Waals surface area contributed by atoms with Crippen molar-refractivity contribution in [2.75, 3.05) is 13.7 Å². The van der Waals surface area contributed by atoms with E-state index in [0.717, 1.165) is 25.2 Å². The summed E-state index contributed by atoms with van der Waals surface area (Å²) in [7, 11) is 1.99. The first kappa shape index (κ1) is 15.0. The molecule has 0 aliphatic rings. The van der Waals surface area contributed by atoms with Crippen LogP contribution in [-0.4, -0.2) is 19.7 Å². The summed E-state index contributed by atoms with van der Waals surface area (Å²) in [6.45, 7) is 9.68. The van der Waals surface area contributed by atoms with E-state index in [9.17, 15) is 0 Å². The summed E-state index contributed by atoms with van der Waals surface area (Å²) in [5, 5.41) is 3.25. The van der Waals surface area contributed by atoms with Crippen molar-refractivity contribution >= 4 is 0 Å². The predicted molar refractivity (Wildman–Crippen MR) is 78.2 cm³/mol. The van der Waals surface area contributed by atoms with Crippen LogP contribution in [-0.2, 0) is 6.42 Å². The Hall–Kier alpha value is -1.02. The molecule has 18 heavy (non-hydrogen) atoms. The molecular weight excluding hydrogens is 222 g/mol. The van der Waals surface area contributed by atoms with Crippen LogP contribution in [0.5, 0.6) is 5.75 Å². The van der Waals surface area contributed by atoms with Crippen molar-refractivity contribution < 1.29 is 4.74 Å². The number of nitrogens with one attached hydrogen (secondary N) is 1. The first-order valence-corrected chi connectivity index (χ1v) is 6.80. The fourth-order valence-corrected chi connectivity index (χ4v) is 1.65. The highest BCUT2D eigenvalue weighted by molar-refractivity contribution is 5.27. The Morgan fingerprint density at radius 3 is 2.28 bits per heavy atom. The highest BCUT2D eigenvalue weighted by Crippen LogP contribution is 2.20. The lowest BCUT2D eigenvalue weighted by molar-refractivity contribution is 0.243. The van der Waals surface area contributed by atoms with Gasteiger partial charge < -0.3 is 10.1 Å². The zero-order chi connectivity index (χ0) is 13.6. The molecule has 1 aromatic carbocycles. The molecule has 0 amide bonds. The first-order chi connectivity index (χ1) is 8.40. The van der Waals surface area contributed by atoms with Gasteiger partial charge in [0.05, 0.1) is 6.61 Å². The van der Waals surface area contributed by atoms with Crippen molar-refractivity contribution in [2.24, 2.45) is 5.41 Å². The zero-order valence-electron chi connectivity index (χ0n) is 12.4. The molecule has 1 unspecified atom stereocenters. The summed E-state index contributed by atoms with van der Waals surface area (Å²) in [6.07, 6.45) is 2.13. The minimum atomic E-state index is 0.335. The summed E-state index contributed by atoms with van der Waals surface area (Å²) in [5.41, 5.74) is 1.68. The van der Waals surface area contributed by atoms with Gasteiger partial charge in [-0.05, 0) is 49.9 Å². The second kappa shape index (κ2) is 6.79. The fourth-order valence-electron chi connectivity index (χ4n) is 1.65. The van der Waals surface area contributed by atoms with Crippen LogP contribution in [0.2, 0.25) is 0 Å². The van der Waals surface area contributed by atoms with Gasteiger partial charge in [-0.1, -0.05) is 32.9 Å². The van der Waals surface area contributed by atoms with Crippen LogP contribution in [0.25, 0.3) is 0 Å². The van der Waals surface area contributed by atoms with Crippen molar-refractivity contribution in [3.63, 3.8) is 0 Å². The van der Waals surface area contributed by atoms with E-state index < -0.39 is 0 Å². The van der Waals surface area contributed by atoms with Crippen molar-refractivity contribution in [3.05, 3.63) is 29.8 Å². The Balaban J connectivity index is 2.41. The second-order valence-electron chi connectivity index (χ2n) is 6.20. The summed E-state index contributed by atoms with van der Waals surface area (Å²) >= 11 is 0. The smallest absolute Gasteiger partial charge is 0.119 e. The SMILES string of the molecule is CNC(C)Cc1ccc(OCCC(C)(C)C)cc1. The summed E-state index contributed by atoms with van der Waals surface area (Å²) in [6, 6.07) is 8.96. The molecule has 0 saturated carbocycles. The highest BCUT2D eigenvalue weighted by atomic mass is 16.5. The molecule has 0 bridgehead atoms. The third-order valence-electron chi connectivity index (χ3n) is 3.08. The van der Waals surface area contributed by atoms with Gasteiger partial charge in [0.25, 0.3) is 0 Å². The van der Waals surface area contributed by atoms with Crippen LogP contribution >= 0.6 is 0 Å². The fraction of sp³-hybridized carbons (Fsp3) is 0.625. The van der Waals surface area contributed by atoms with Gasteiger partial charge in [-0.15, -0.1) is 0 Å². The number of rotatable bonds is 6. The lowest BCUT2D eigenvalue weighted by Gasteiger charge is -2.18. The van der Waals surface area contributed by atoms with Crippen LogP contribution in [0.4, 0.5) is 0 Å². The number of benzene rings is 1. The molecule has 102 valence electrons. The summed E-state index contributed by atoms with van der Waals surface area (Å²) in [5.74, 6) is 0.972. The topological polar surface area (TPSA) is 21.3 Å². The molecule has 0 aliphatic heterocycles. The monoisotopic (exact) mass is 249 g/mol. The molecule has 1 atom stereocenters. The van der Waals surface area contributed by atoms with E-state index in [1.807, 2.05) is 7.05 Å². The van der Waals surface area contributed by atoms with Gasteiger partial charge in [-0.3, -0.25) is 0 Å². The van der Waals surface area contributed by atoms with E-state index in [-0.39, 0.29) is 0 Å². The maximum atomic E-state index is 5.75. The largest absolute Gasteiger partial charge is 0.494 e. The summed E-state index contributed by atoms with van der Waals surface area (Å²) in [4.78, 5) is 0. The van der Waals surface area contributed by atoms with E-state index in [2.05, 4.69) is 57.3 Å². The average Bonchev–Trinajstić information content (AvgIpc) is 2.29. The Kier molecular flexibility index (Phi) is 5.67. The minimum absolute atomic E-state index is 0.335. The lowest BCUT2D eigenvalue weighted by atomic mass is 9.93. The normalized spacial score (nSPS) is 13.4. The van der Waals surface area contributed by atoms with Gasteiger partial charge in [-0.2, -0.15) is 0 Å². The van der Waals surface area contributed by atoms with Crippen molar-refractivity contribution in [1.82, 2.24) is 5.32 Å². The van der Waals surface area contributed by atoms with E-state index in [0.29, 0.717) is 11.5 Å². The Labute approximate surface area is 112 Å². The quantitative estimate of drug-likeness (QED) is 0.831. The standard InChI is InChI=1S/C16H27NO/c1-13(17-5)12-14-6-8-15(9-7-14)18-11-10-16(2,3)4/h6-9,13,17H,10-12H2,1-5H3. The third-order valence-corrected chi connectivity index (χ3v) is 3.08. The molecule has 0 fully saturated rings. The maximum absolute atomic E-state index is 5.75. The molecule has 2 heteroatoms. The second-order valence-corrected chi connectivity index (χ2v) is 6.20. The van der Waals surface area contributed by atoms with E-state index in [4.69, 9.17) is 4.74 Å².